The van der Waals surface area contributed by atoms with Gasteiger partial charge in [-0.05, 0) is 38.5 Å². The Morgan fingerprint density at radius 1 is 1.33 bits per heavy atom. The van der Waals surface area contributed by atoms with Crippen LogP contribution in [-0.4, -0.2) is 37.3 Å². The van der Waals surface area contributed by atoms with Crippen molar-refractivity contribution in [2.75, 3.05) is 6.54 Å². The van der Waals surface area contributed by atoms with Crippen LogP contribution in [0.3, 0.4) is 0 Å². The Bertz CT molecular complexity index is 937. The van der Waals surface area contributed by atoms with Crippen LogP contribution >= 0.6 is 0 Å². The molecule has 0 unspecified atom stereocenters. The molecule has 0 aliphatic carbocycles. The third-order valence-electron chi connectivity index (χ3n) is 4.29. The third kappa shape index (κ3) is 4.16. The zero-order valence-electron chi connectivity index (χ0n) is 16.0. The number of aromatic nitrogens is 4. The molecule has 0 aromatic carbocycles. The van der Waals surface area contributed by atoms with Gasteiger partial charge in [0.25, 0.3) is 5.89 Å². The normalized spacial score (nSPS) is 11.4. The maximum atomic E-state index is 12.7. The van der Waals surface area contributed by atoms with E-state index in [9.17, 15) is 4.79 Å². The Balaban J connectivity index is 1.73. The molecule has 0 aliphatic heterocycles. The number of hydrogen-bond acceptors (Lipinski definition) is 6. The minimum atomic E-state index is -0.114. The van der Waals surface area contributed by atoms with E-state index in [1.807, 2.05) is 33.9 Å². The minimum absolute atomic E-state index is 0.114. The Kier molecular flexibility index (Phi) is 5.54. The molecule has 0 aliphatic rings. The quantitative estimate of drug-likeness (QED) is 0.594. The minimum Gasteiger partial charge on any atom is -0.459 e. The Labute approximate surface area is 157 Å². The van der Waals surface area contributed by atoms with Crippen LogP contribution in [0, 0.1) is 13.8 Å². The summed E-state index contributed by atoms with van der Waals surface area (Å²) in [6, 6.07) is 3.49. The molecule has 0 fully saturated rings. The van der Waals surface area contributed by atoms with Gasteiger partial charge >= 0.3 is 0 Å². The fraction of sp³-hybridized carbons (Fsp3) is 0.368. The Morgan fingerprint density at radius 2 is 2.15 bits per heavy atom. The van der Waals surface area contributed by atoms with Crippen molar-refractivity contribution in [3.05, 3.63) is 47.3 Å². The number of amides is 1. The number of nitrogens with zero attached hydrogens (tertiary/aromatic N) is 5. The van der Waals surface area contributed by atoms with E-state index in [1.54, 1.807) is 34.1 Å². The lowest BCUT2D eigenvalue weighted by atomic mass is 10.2. The van der Waals surface area contributed by atoms with Crippen molar-refractivity contribution >= 4 is 12.0 Å². The molecule has 3 heterocycles. The predicted molar refractivity (Wildman–Crippen MR) is 99.4 cm³/mol. The average molecular weight is 369 g/mol. The van der Waals surface area contributed by atoms with Crippen LogP contribution in [0.1, 0.15) is 36.2 Å². The summed E-state index contributed by atoms with van der Waals surface area (Å²) >= 11 is 0. The lowest BCUT2D eigenvalue weighted by Crippen LogP contribution is -2.29. The summed E-state index contributed by atoms with van der Waals surface area (Å²) < 4.78 is 12.7. The lowest BCUT2D eigenvalue weighted by Gasteiger charge is -2.18. The zero-order chi connectivity index (χ0) is 19.4. The summed E-state index contributed by atoms with van der Waals surface area (Å²) in [5, 5.41) is 12.4. The van der Waals surface area contributed by atoms with Crippen LogP contribution < -0.4 is 0 Å². The van der Waals surface area contributed by atoms with Crippen LogP contribution in [0.4, 0.5) is 0 Å². The summed E-state index contributed by atoms with van der Waals surface area (Å²) in [6.07, 6.45) is 5.74. The predicted octanol–water partition coefficient (Wildman–Crippen LogP) is 3.13. The van der Waals surface area contributed by atoms with Gasteiger partial charge in [0.05, 0.1) is 18.5 Å². The lowest BCUT2D eigenvalue weighted by molar-refractivity contribution is -0.126. The van der Waals surface area contributed by atoms with Crippen LogP contribution in [0.25, 0.3) is 17.7 Å². The van der Waals surface area contributed by atoms with Crippen molar-refractivity contribution in [1.82, 2.24) is 24.9 Å². The van der Waals surface area contributed by atoms with Crippen molar-refractivity contribution in [1.29, 1.82) is 0 Å². The molecule has 8 nitrogen and oxygen atoms in total. The molecule has 8 heteroatoms. The van der Waals surface area contributed by atoms with Gasteiger partial charge < -0.3 is 13.7 Å². The van der Waals surface area contributed by atoms with Crippen LogP contribution in [-0.2, 0) is 18.4 Å². The smallest absolute Gasteiger partial charge is 0.283 e. The van der Waals surface area contributed by atoms with E-state index in [1.165, 1.54) is 0 Å². The van der Waals surface area contributed by atoms with E-state index in [2.05, 4.69) is 15.3 Å². The number of carbonyl (C=O) groups excluding carboxylic acids is 1. The third-order valence-corrected chi connectivity index (χ3v) is 4.29. The van der Waals surface area contributed by atoms with Gasteiger partial charge in [0.15, 0.2) is 5.76 Å². The summed E-state index contributed by atoms with van der Waals surface area (Å²) in [5.74, 6) is 1.06. The number of carbonyl (C=O) groups is 1. The Hall–Kier alpha value is -3.16. The number of hydrogen-bond donors (Lipinski definition) is 0. The zero-order valence-corrected chi connectivity index (χ0v) is 16.0. The first-order valence-corrected chi connectivity index (χ1v) is 8.83. The number of furan rings is 1. The highest BCUT2D eigenvalue weighted by Gasteiger charge is 2.17. The highest BCUT2D eigenvalue weighted by molar-refractivity contribution is 5.92. The van der Waals surface area contributed by atoms with Crippen molar-refractivity contribution in [2.45, 2.75) is 33.7 Å². The largest absolute Gasteiger partial charge is 0.459 e. The van der Waals surface area contributed by atoms with E-state index >= 15 is 0 Å². The summed E-state index contributed by atoms with van der Waals surface area (Å²) in [6.45, 7) is 6.75. The molecule has 1 amide bonds. The van der Waals surface area contributed by atoms with Gasteiger partial charge in [0.2, 0.25) is 11.8 Å². The topological polar surface area (TPSA) is 90.2 Å². The monoisotopic (exact) mass is 369 g/mol. The van der Waals surface area contributed by atoms with Gasteiger partial charge in [0, 0.05) is 30.9 Å². The summed E-state index contributed by atoms with van der Waals surface area (Å²) in [4.78, 5) is 14.4. The molecule has 0 radical (unpaired) electrons. The second kappa shape index (κ2) is 8.03. The highest BCUT2D eigenvalue weighted by atomic mass is 16.4. The molecule has 0 spiro atoms. The van der Waals surface area contributed by atoms with E-state index < -0.39 is 0 Å². The fourth-order valence-electron chi connectivity index (χ4n) is 2.81. The van der Waals surface area contributed by atoms with Gasteiger partial charge in [-0.2, -0.15) is 5.10 Å². The number of aryl methyl sites for hydroxylation is 2. The van der Waals surface area contributed by atoms with Crippen molar-refractivity contribution in [3.8, 4) is 11.7 Å². The highest BCUT2D eigenvalue weighted by Crippen LogP contribution is 2.19. The molecule has 3 aromatic heterocycles. The van der Waals surface area contributed by atoms with Crippen LogP contribution in [0.2, 0.25) is 0 Å². The van der Waals surface area contributed by atoms with E-state index in [0.29, 0.717) is 24.1 Å². The first-order valence-electron chi connectivity index (χ1n) is 8.83. The second-order valence-electron chi connectivity index (χ2n) is 6.28. The van der Waals surface area contributed by atoms with Crippen molar-refractivity contribution in [2.24, 2.45) is 7.05 Å². The SMILES string of the molecule is CCCN(Cc1nnc(-c2ccco2)o1)C(=O)/C=C/c1c(C)nn(C)c1C. The molecular formula is C19H23N5O3. The molecular weight excluding hydrogens is 346 g/mol. The Morgan fingerprint density at radius 3 is 2.78 bits per heavy atom. The molecule has 0 saturated carbocycles. The molecule has 142 valence electrons. The maximum absolute atomic E-state index is 12.7. The standard InChI is InChI=1S/C19H23N5O3/c1-5-10-24(12-17-20-21-19(27-17)16-7-6-11-26-16)18(25)9-8-15-13(2)22-23(4)14(15)3/h6-9,11H,5,10,12H2,1-4H3/b9-8+. The van der Waals surface area contributed by atoms with Gasteiger partial charge in [-0.15, -0.1) is 10.2 Å². The van der Waals surface area contributed by atoms with Crippen molar-refractivity contribution in [3.63, 3.8) is 0 Å². The fourth-order valence-corrected chi connectivity index (χ4v) is 2.81. The van der Waals surface area contributed by atoms with Gasteiger partial charge in [-0.25, -0.2) is 0 Å². The molecule has 3 aromatic rings. The molecule has 0 atom stereocenters. The molecule has 27 heavy (non-hydrogen) atoms. The summed E-state index contributed by atoms with van der Waals surface area (Å²) in [7, 11) is 1.89. The van der Waals surface area contributed by atoms with Crippen LogP contribution in [0.5, 0.6) is 0 Å². The average Bonchev–Trinajstić information content (AvgIpc) is 3.36. The number of rotatable bonds is 7. The van der Waals surface area contributed by atoms with Crippen LogP contribution in [0.15, 0.2) is 33.3 Å². The first-order chi connectivity index (χ1) is 13.0. The molecule has 3 rings (SSSR count). The van der Waals surface area contributed by atoms with Gasteiger partial charge in [0.1, 0.15) is 0 Å². The second-order valence-corrected chi connectivity index (χ2v) is 6.28. The van der Waals surface area contributed by atoms with Crippen molar-refractivity contribution < 1.29 is 13.6 Å². The van der Waals surface area contributed by atoms with E-state index in [0.717, 1.165) is 23.4 Å². The summed E-state index contributed by atoms with van der Waals surface area (Å²) in [5.41, 5.74) is 2.86. The van der Waals surface area contributed by atoms with Gasteiger partial charge in [-0.3, -0.25) is 9.48 Å². The van der Waals surface area contributed by atoms with Gasteiger partial charge in [-0.1, -0.05) is 6.92 Å². The van der Waals surface area contributed by atoms with E-state index in [-0.39, 0.29) is 12.5 Å². The molecule has 0 bridgehead atoms. The first kappa shape index (κ1) is 18.6. The molecule has 0 N–H and O–H groups in total. The maximum Gasteiger partial charge on any atom is 0.283 e. The molecule has 0 saturated heterocycles. The van der Waals surface area contributed by atoms with E-state index in [4.69, 9.17) is 8.83 Å².